The summed E-state index contributed by atoms with van der Waals surface area (Å²) in [5.74, 6) is 0.781. The summed E-state index contributed by atoms with van der Waals surface area (Å²) in [5.41, 5.74) is 0. The van der Waals surface area contributed by atoms with E-state index in [2.05, 4.69) is 4.72 Å². The van der Waals surface area contributed by atoms with Gasteiger partial charge in [0.1, 0.15) is 4.21 Å². The van der Waals surface area contributed by atoms with Crippen LogP contribution in [-0.2, 0) is 14.8 Å². The zero-order valence-corrected chi connectivity index (χ0v) is 13.5. The molecule has 1 aliphatic heterocycles. The number of hydrogen-bond donors (Lipinski definition) is 1. The van der Waals surface area contributed by atoms with Crippen LogP contribution in [0.4, 0.5) is 0 Å². The van der Waals surface area contributed by atoms with Crippen LogP contribution < -0.4 is 4.72 Å². The largest absolute Gasteiger partial charge is 0.381 e. The number of sulfonamides is 1. The minimum absolute atomic E-state index is 0.272. The second-order valence-corrected chi connectivity index (χ2v) is 9.26. The Bertz CT molecular complexity index is 497. The summed E-state index contributed by atoms with van der Waals surface area (Å²) in [6.07, 6.45) is 2.11. The molecule has 108 valence electrons. The topological polar surface area (TPSA) is 55.4 Å². The molecule has 1 saturated heterocycles. The maximum Gasteiger partial charge on any atom is 0.250 e. The predicted molar refractivity (Wildman–Crippen MR) is 80.8 cm³/mol. The fourth-order valence-corrected chi connectivity index (χ4v) is 5.52. The second-order valence-electron chi connectivity index (χ2n) is 4.14. The van der Waals surface area contributed by atoms with E-state index in [0.717, 1.165) is 43.1 Å². The Balaban J connectivity index is 1.72. The number of rotatable bonds is 6. The van der Waals surface area contributed by atoms with Gasteiger partial charge in [-0.2, -0.15) is 11.8 Å². The van der Waals surface area contributed by atoms with Crippen LogP contribution in [0.5, 0.6) is 0 Å². The number of halogens is 1. The third kappa shape index (κ3) is 4.91. The van der Waals surface area contributed by atoms with Gasteiger partial charge in [0.2, 0.25) is 10.0 Å². The van der Waals surface area contributed by atoms with Crippen molar-refractivity contribution in [2.45, 2.75) is 22.3 Å². The van der Waals surface area contributed by atoms with E-state index >= 15 is 0 Å². The smallest absolute Gasteiger partial charge is 0.250 e. The Labute approximate surface area is 126 Å². The van der Waals surface area contributed by atoms with Crippen LogP contribution in [0.25, 0.3) is 0 Å². The molecule has 0 bridgehead atoms. The van der Waals surface area contributed by atoms with Crippen LogP contribution >= 0.6 is 34.7 Å². The van der Waals surface area contributed by atoms with Crippen molar-refractivity contribution in [3.63, 3.8) is 0 Å². The Hall–Kier alpha value is 0.210. The van der Waals surface area contributed by atoms with Gasteiger partial charge in [0.25, 0.3) is 0 Å². The van der Waals surface area contributed by atoms with Crippen molar-refractivity contribution in [1.29, 1.82) is 0 Å². The molecule has 0 radical (unpaired) electrons. The molecule has 0 spiro atoms. The van der Waals surface area contributed by atoms with Crippen LogP contribution in [0.15, 0.2) is 16.3 Å². The van der Waals surface area contributed by atoms with Crippen LogP contribution in [0.1, 0.15) is 12.8 Å². The first kappa shape index (κ1) is 15.6. The summed E-state index contributed by atoms with van der Waals surface area (Å²) in [5, 5.41) is 0.592. The van der Waals surface area contributed by atoms with Crippen LogP contribution in [0, 0.1) is 0 Å². The van der Waals surface area contributed by atoms with Gasteiger partial charge in [-0.3, -0.25) is 0 Å². The first-order valence-corrected chi connectivity index (χ1v) is 9.75. The summed E-state index contributed by atoms with van der Waals surface area (Å²) in [4.78, 5) is 0. The van der Waals surface area contributed by atoms with E-state index in [1.54, 1.807) is 6.07 Å². The lowest BCUT2D eigenvalue weighted by molar-refractivity contribution is 0.100. The fraction of sp³-hybridized carbons (Fsp3) is 0.636. The van der Waals surface area contributed by atoms with E-state index in [9.17, 15) is 8.42 Å². The fourth-order valence-electron chi connectivity index (χ4n) is 1.76. The molecule has 1 aliphatic rings. The monoisotopic (exact) mass is 341 g/mol. The van der Waals surface area contributed by atoms with Crippen molar-refractivity contribution >= 4 is 44.7 Å². The van der Waals surface area contributed by atoms with E-state index in [1.165, 1.54) is 6.07 Å². The molecule has 0 unspecified atom stereocenters. The van der Waals surface area contributed by atoms with E-state index in [-0.39, 0.29) is 4.21 Å². The van der Waals surface area contributed by atoms with E-state index in [1.807, 2.05) is 11.8 Å². The normalized spacial score (nSPS) is 17.7. The van der Waals surface area contributed by atoms with Crippen LogP contribution in [0.3, 0.4) is 0 Å². The maximum absolute atomic E-state index is 11.9. The molecule has 1 aromatic heterocycles. The Morgan fingerprint density at radius 3 is 2.79 bits per heavy atom. The quantitative estimate of drug-likeness (QED) is 0.808. The highest BCUT2D eigenvalue weighted by Crippen LogP contribution is 2.25. The lowest BCUT2D eigenvalue weighted by Gasteiger charge is -2.21. The first-order valence-electron chi connectivity index (χ1n) is 6.02. The molecular formula is C11H16ClNO3S3. The Morgan fingerprint density at radius 1 is 1.42 bits per heavy atom. The van der Waals surface area contributed by atoms with E-state index in [0.29, 0.717) is 16.1 Å². The summed E-state index contributed by atoms with van der Waals surface area (Å²) in [6.45, 7) is 2.08. The number of nitrogens with one attached hydrogen (secondary N) is 1. The molecule has 0 atom stereocenters. The standard InChI is InChI=1S/C11H16ClNO3S3/c12-10-1-2-11(18-10)19(14,15)13-5-8-17-9-3-6-16-7-4-9/h1-2,9,13H,3-8H2. The van der Waals surface area contributed by atoms with Gasteiger partial charge in [-0.1, -0.05) is 11.6 Å². The van der Waals surface area contributed by atoms with Crippen molar-refractivity contribution in [2.24, 2.45) is 0 Å². The molecule has 0 amide bonds. The van der Waals surface area contributed by atoms with Gasteiger partial charge in [-0.15, -0.1) is 11.3 Å². The Kier molecular flexibility index (Phi) is 5.98. The van der Waals surface area contributed by atoms with Crippen molar-refractivity contribution in [2.75, 3.05) is 25.5 Å². The zero-order chi connectivity index (χ0) is 13.7. The molecule has 1 N–H and O–H groups in total. The predicted octanol–water partition coefficient (Wildman–Crippen LogP) is 2.59. The van der Waals surface area contributed by atoms with Crippen molar-refractivity contribution < 1.29 is 13.2 Å². The van der Waals surface area contributed by atoms with Gasteiger partial charge in [0.05, 0.1) is 4.34 Å². The Morgan fingerprint density at radius 2 is 2.16 bits per heavy atom. The highest BCUT2D eigenvalue weighted by molar-refractivity contribution is 8.00. The molecule has 4 nitrogen and oxygen atoms in total. The third-order valence-electron chi connectivity index (χ3n) is 2.73. The SMILES string of the molecule is O=S(=O)(NCCSC1CCOCC1)c1ccc(Cl)s1. The van der Waals surface area contributed by atoms with Gasteiger partial charge in [0, 0.05) is 30.8 Å². The highest BCUT2D eigenvalue weighted by atomic mass is 35.5. The lowest BCUT2D eigenvalue weighted by atomic mass is 10.2. The molecule has 0 saturated carbocycles. The molecule has 2 heterocycles. The van der Waals surface area contributed by atoms with Gasteiger partial charge >= 0.3 is 0 Å². The molecule has 19 heavy (non-hydrogen) atoms. The molecule has 2 rings (SSSR count). The highest BCUT2D eigenvalue weighted by Gasteiger charge is 2.17. The van der Waals surface area contributed by atoms with Gasteiger partial charge in [-0.05, 0) is 25.0 Å². The van der Waals surface area contributed by atoms with Crippen molar-refractivity contribution in [1.82, 2.24) is 4.72 Å². The number of thioether (sulfide) groups is 1. The molecule has 1 fully saturated rings. The molecular weight excluding hydrogens is 326 g/mol. The van der Waals surface area contributed by atoms with Crippen molar-refractivity contribution in [3.05, 3.63) is 16.5 Å². The zero-order valence-electron chi connectivity index (χ0n) is 10.3. The average Bonchev–Trinajstić information content (AvgIpc) is 2.84. The average molecular weight is 342 g/mol. The molecule has 0 aromatic carbocycles. The minimum Gasteiger partial charge on any atom is -0.381 e. The van der Waals surface area contributed by atoms with Gasteiger partial charge in [0.15, 0.2) is 0 Å². The number of thiophene rings is 1. The first-order chi connectivity index (χ1) is 9.08. The molecule has 1 aromatic rings. The second kappa shape index (κ2) is 7.28. The van der Waals surface area contributed by atoms with E-state index in [4.69, 9.17) is 16.3 Å². The summed E-state index contributed by atoms with van der Waals surface area (Å²) in [7, 11) is -3.40. The number of ether oxygens (including phenoxy) is 1. The maximum atomic E-state index is 11.9. The third-order valence-corrected chi connectivity index (χ3v) is 7.30. The molecule has 8 heteroatoms. The van der Waals surface area contributed by atoms with Crippen LogP contribution in [0.2, 0.25) is 4.34 Å². The number of hydrogen-bond acceptors (Lipinski definition) is 5. The summed E-state index contributed by atoms with van der Waals surface area (Å²) in [6, 6.07) is 3.12. The summed E-state index contributed by atoms with van der Waals surface area (Å²) >= 11 is 8.62. The van der Waals surface area contributed by atoms with Gasteiger partial charge in [-0.25, -0.2) is 13.1 Å². The molecule has 0 aliphatic carbocycles. The minimum atomic E-state index is -3.40. The summed E-state index contributed by atoms with van der Waals surface area (Å²) < 4.78 is 32.5. The van der Waals surface area contributed by atoms with E-state index < -0.39 is 10.0 Å². The van der Waals surface area contributed by atoms with Gasteiger partial charge < -0.3 is 4.74 Å². The van der Waals surface area contributed by atoms with Crippen LogP contribution in [-0.4, -0.2) is 39.2 Å². The lowest BCUT2D eigenvalue weighted by Crippen LogP contribution is -2.26. The van der Waals surface area contributed by atoms with Crippen molar-refractivity contribution in [3.8, 4) is 0 Å².